The van der Waals surface area contributed by atoms with Crippen LogP contribution >= 0.6 is 11.3 Å². The van der Waals surface area contributed by atoms with Crippen molar-refractivity contribution in [3.8, 4) is 0 Å². The Hall–Kier alpha value is -1.49. The van der Waals surface area contributed by atoms with Gasteiger partial charge in [-0.3, -0.25) is 4.79 Å². The Kier molecular flexibility index (Phi) is 5.84. The third kappa shape index (κ3) is 4.49. The van der Waals surface area contributed by atoms with Gasteiger partial charge in [0.1, 0.15) is 4.21 Å². The molecule has 1 aromatic rings. The van der Waals surface area contributed by atoms with Crippen LogP contribution in [0.2, 0.25) is 0 Å². The van der Waals surface area contributed by atoms with Gasteiger partial charge in [0, 0.05) is 7.05 Å². The Labute approximate surface area is 126 Å². The van der Waals surface area contributed by atoms with E-state index < -0.39 is 40.6 Å². The van der Waals surface area contributed by atoms with E-state index in [1.165, 1.54) is 20.0 Å². The van der Waals surface area contributed by atoms with Crippen molar-refractivity contribution >= 4 is 33.2 Å². The second-order valence-electron chi connectivity index (χ2n) is 4.32. The first-order valence-electron chi connectivity index (χ1n) is 5.86. The van der Waals surface area contributed by atoms with Crippen molar-refractivity contribution in [2.24, 2.45) is 0 Å². The molecule has 0 aromatic carbocycles. The number of carboxylic acid groups (broad SMARTS) is 1. The van der Waals surface area contributed by atoms with Crippen LogP contribution in [0.4, 0.5) is 0 Å². The van der Waals surface area contributed by atoms with Crippen LogP contribution in [0.25, 0.3) is 0 Å². The van der Waals surface area contributed by atoms with Gasteiger partial charge in [0.25, 0.3) is 10.0 Å². The van der Waals surface area contributed by atoms with Gasteiger partial charge >= 0.3 is 5.97 Å². The molecule has 1 amide bonds. The maximum atomic E-state index is 12.1. The number of thiophene rings is 1. The largest absolute Gasteiger partial charge is 0.480 e. The molecule has 118 valence electrons. The molecular formula is C11H16N2O6S2. The van der Waals surface area contributed by atoms with Gasteiger partial charge in [0.05, 0.1) is 12.6 Å². The summed E-state index contributed by atoms with van der Waals surface area (Å²) in [6.07, 6.45) is -1.30. The summed E-state index contributed by atoms with van der Waals surface area (Å²) in [5.41, 5.74) is 0. The number of aliphatic carboxylic acids is 1. The third-order valence-electron chi connectivity index (χ3n) is 2.59. The summed E-state index contributed by atoms with van der Waals surface area (Å²) >= 11 is 1.01. The van der Waals surface area contributed by atoms with Crippen molar-refractivity contribution in [1.29, 1.82) is 0 Å². The predicted octanol–water partition coefficient (Wildman–Crippen LogP) is -0.681. The third-order valence-corrected chi connectivity index (χ3v) is 5.77. The van der Waals surface area contributed by atoms with Crippen LogP contribution in [0.1, 0.15) is 6.92 Å². The molecule has 0 radical (unpaired) electrons. The van der Waals surface area contributed by atoms with E-state index in [9.17, 15) is 23.1 Å². The summed E-state index contributed by atoms with van der Waals surface area (Å²) in [6, 6.07) is 1.49. The Bertz CT molecular complexity index is 596. The molecule has 8 nitrogen and oxygen atoms in total. The molecular weight excluding hydrogens is 320 g/mol. The van der Waals surface area contributed by atoms with Gasteiger partial charge in [-0.1, -0.05) is 6.07 Å². The normalized spacial score (nSPS) is 14.7. The van der Waals surface area contributed by atoms with Gasteiger partial charge in [0.15, 0.2) is 6.04 Å². The summed E-state index contributed by atoms with van der Waals surface area (Å²) < 4.78 is 25.0. The van der Waals surface area contributed by atoms with E-state index in [0.717, 1.165) is 15.6 Å². The first-order valence-corrected chi connectivity index (χ1v) is 8.18. The van der Waals surface area contributed by atoms with Gasteiger partial charge in [-0.2, -0.15) is 4.31 Å². The average Bonchev–Trinajstić information content (AvgIpc) is 2.89. The minimum absolute atomic E-state index is 0.0862. The van der Waals surface area contributed by atoms with E-state index in [1.54, 1.807) is 11.4 Å². The lowest BCUT2D eigenvalue weighted by atomic mass is 10.2. The van der Waals surface area contributed by atoms with E-state index in [-0.39, 0.29) is 4.21 Å². The molecule has 0 bridgehead atoms. The Morgan fingerprint density at radius 3 is 2.52 bits per heavy atom. The number of amides is 1. The highest BCUT2D eigenvalue weighted by molar-refractivity contribution is 7.91. The Morgan fingerprint density at radius 2 is 2.10 bits per heavy atom. The van der Waals surface area contributed by atoms with Crippen LogP contribution in [0.5, 0.6) is 0 Å². The molecule has 0 aliphatic rings. The number of carboxylic acids is 1. The number of hydrogen-bond acceptors (Lipinski definition) is 6. The number of carbonyl (C=O) groups is 2. The minimum Gasteiger partial charge on any atom is -0.480 e. The number of rotatable bonds is 7. The molecule has 1 aromatic heterocycles. The minimum atomic E-state index is -3.79. The first-order chi connectivity index (χ1) is 9.66. The second-order valence-corrected chi connectivity index (χ2v) is 7.54. The van der Waals surface area contributed by atoms with E-state index in [2.05, 4.69) is 5.32 Å². The molecule has 1 heterocycles. The number of nitrogens with one attached hydrogen (secondary N) is 1. The summed E-state index contributed by atoms with van der Waals surface area (Å²) in [6.45, 7) is 0.669. The number of carbonyl (C=O) groups excluding carboxylic acids is 1. The van der Waals surface area contributed by atoms with Gasteiger partial charge in [-0.25, -0.2) is 13.2 Å². The lowest BCUT2D eigenvalue weighted by Gasteiger charge is -2.20. The molecule has 0 aliphatic heterocycles. The predicted molar refractivity (Wildman–Crippen MR) is 75.4 cm³/mol. The number of aliphatic hydroxyl groups excluding tert-OH is 1. The molecule has 3 N–H and O–H groups in total. The quantitative estimate of drug-likeness (QED) is 0.606. The molecule has 10 heteroatoms. The van der Waals surface area contributed by atoms with Crippen LogP contribution in [0.3, 0.4) is 0 Å². The van der Waals surface area contributed by atoms with Crippen LogP contribution in [-0.2, 0) is 19.6 Å². The molecule has 0 aliphatic carbocycles. The Balaban J connectivity index is 2.73. The molecule has 2 atom stereocenters. The summed E-state index contributed by atoms with van der Waals surface area (Å²) in [4.78, 5) is 22.5. The van der Waals surface area contributed by atoms with Crippen LogP contribution < -0.4 is 5.32 Å². The zero-order valence-electron chi connectivity index (χ0n) is 11.4. The second kappa shape index (κ2) is 6.98. The van der Waals surface area contributed by atoms with Gasteiger partial charge in [-0.15, -0.1) is 11.3 Å². The number of likely N-dealkylation sites (N-methyl/N-ethyl adjacent to an activating group) is 1. The molecule has 1 rings (SSSR count). The van der Waals surface area contributed by atoms with Crippen molar-refractivity contribution < 1.29 is 28.2 Å². The maximum absolute atomic E-state index is 12.1. The fourth-order valence-electron chi connectivity index (χ4n) is 1.46. The fourth-order valence-corrected chi connectivity index (χ4v) is 3.79. The first kappa shape index (κ1) is 17.6. The zero-order chi connectivity index (χ0) is 16.2. The van der Waals surface area contributed by atoms with Gasteiger partial charge < -0.3 is 15.5 Å². The molecule has 0 unspecified atom stereocenters. The van der Waals surface area contributed by atoms with E-state index >= 15 is 0 Å². The van der Waals surface area contributed by atoms with Crippen molar-refractivity contribution in [1.82, 2.24) is 9.62 Å². The standard InChI is InChI=1S/C11H16N2O6S2/c1-7(14)10(11(16)17)12-8(15)6-13(2)21(18,19)9-4-3-5-20-9/h3-5,7,10,14H,6H2,1-2H3,(H,12,15)(H,16,17)/t7-,10+/m1/s1. The van der Waals surface area contributed by atoms with Crippen molar-refractivity contribution in [2.75, 3.05) is 13.6 Å². The summed E-state index contributed by atoms with van der Waals surface area (Å²) in [5.74, 6) is -2.21. The van der Waals surface area contributed by atoms with Crippen molar-refractivity contribution in [3.05, 3.63) is 17.5 Å². The van der Waals surface area contributed by atoms with E-state index in [4.69, 9.17) is 5.11 Å². The molecule has 0 spiro atoms. The molecule has 0 saturated heterocycles. The van der Waals surface area contributed by atoms with Crippen LogP contribution in [0, 0.1) is 0 Å². The maximum Gasteiger partial charge on any atom is 0.328 e. The van der Waals surface area contributed by atoms with Gasteiger partial charge in [0.2, 0.25) is 5.91 Å². The van der Waals surface area contributed by atoms with Gasteiger partial charge in [-0.05, 0) is 18.4 Å². The average molecular weight is 336 g/mol. The topological polar surface area (TPSA) is 124 Å². The highest BCUT2D eigenvalue weighted by Crippen LogP contribution is 2.19. The van der Waals surface area contributed by atoms with E-state index in [0.29, 0.717) is 0 Å². The Morgan fingerprint density at radius 1 is 1.48 bits per heavy atom. The number of nitrogens with zero attached hydrogens (tertiary/aromatic N) is 1. The van der Waals surface area contributed by atoms with E-state index in [1.807, 2.05) is 0 Å². The highest BCUT2D eigenvalue weighted by atomic mass is 32.2. The monoisotopic (exact) mass is 336 g/mol. The van der Waals surface area contributed by atoms with Crippen molar-refractivity contribution in [3.63, 3.8) is 0 Å². The lowest BCUT2D eigenvalue weighted by Crippen LogP contribution is -2.50. The smallest absolute Gasteiger partial charge is 0.328 e. The van der Waals surface area contributed by atoms with Crippen LogP contribution in [-0.4, -0.2) is 60.6 Å². The summed E-state index contributed by atoms with van der Waals surface area (Å²) in [5, 5.41) is 21.7. The van der Waals surface area contributed by atoms with Crippen molar-refractivity contribution in [2.45, 2.75) is 23.3 Å². The fraction of sp³-hybridized carbons (Fsp3) is 0.455. The molecule has 21 heavy (non-hydrogen) atoms. The lowest BCUT2D eigenvalue weighted by molar-refractivity contribution is -0.144. The highest BCUT2D eigenvalue weighted by Gasteiger charge is 2.28. The number of hydrogen-bond donors (Lipinski definition) is 3. The molecule has 0 saturated carbocycles. The number of sulfonamides is 1. The van der Waals surface area contributed by atoms with Crippen LogP contribution in [0.15, 0.2) is 21.7 Å². The zero-order valence-corrected chi connectivity index (χ0v) is 13.0. The summed E-state index contributed by atoms with van der Waals surface area (Å²) in [7, 11) is -2.57. The number of aliphatic hydroxyl groups is 1. The molecule has 0 fully saturated rings. The SMILES string of the molecule is C[C@@H](O)[C@H](NC(=O)CN(C)S(=O)(=O)c1cccs1)C(=O)O.